The predicted molar refractivity (Wildman–Crippen MR) is 85.9 cm³/mol. The van der Waals surface area contributed by atoms with E-state index in [1.165, 1.54) is 19.1 Å². The fourth-order valence-electron chi connectivity index (χ4n) is 3.15. The minimum atomic E-state index is -1.48. The Kier molecular flexibility index (Phi) is 5.03. The maximum Gasteiger partial charge on any atom is 0.319 e. The molecule has 124 valence electrons. The highest BCUT2D eigenvalue weighted by atomic mass is 16.4. The monoisotopic (exact) mass is 318 g/mol. The van der Waals surface area contributed by atoms with Gasteiger partial charge in [0.05, 0.1) is 0 Å². The lowest BCUT2D eigenvalue weighted by molar-refractivity contribution is -0.157. The van der Waals surface area contributed by atoms with Crippen molar-refractivity contribution >= 4 is 23.5 Å². The van der Waals surface area contributed by atoms with Gasteiger partial charge in [0.15, 0.2) is 0 Å². The number of primary amides is 1. The minimum absolute atomic E-state index is 0.187. The van der Waals surface area contributed by atoms with E-state index in [9.17, 15) is 19.5 Å². The lowest BCUT2D eigenvalue weighted by Crippen LogP contribution is -2.47. The van der Waals surface area contributed by atoms with Crippen LogP contribution in [-0.2, 0) is 9.59 Å². The summed E-state index contributed by atoms with van der Waals surface area (Å²) in [6, 6.07) is 6.18. The molecule has 0 bridgehead atoms. The van der Waals surface area contributed by atoms with Crippen molar-refractivity contribution in [1.82, 2.24) is 0 Å². The molecule has 0 spiro atoms. The van der Waals surface area contributed by atoms with Crippen molar-refractivity contribution in [1.29, 1.82) is 0 Å². The second kappa shape index (κ2) is 6.81. The zero-order valence-electron chi connectivity index (χ0n) is 13.2. The molecular formula is C17H22N2O4. The molecule has 0 heterocycles. The van der Waals surface area contributed by atoms with E-state index in [2.05, 4.69) is 5.32 Å². The van der Waals surface area contributed by atoms with Crippen LogP contribution in [0.2, 0.25) is 0 Å². The predicted octanol–water partition coefficient (Wildman–Crippen LogP) is 2.40. The van der Waals surface area contributed by atoms with E-state index in [1.54, 1.807) is 12.1 Å². The standard InChI is InChI=1S/C17H22N2O4/c1-17(16(22)23,12-7-3-2-4-8-12)15(21)19-13-9-5-6-11(10-13)14(18)20/h5-6,9-10,12H,2-4,7-8H2,1H3,(H2,18,20)(H,19,21)(H,22,23). The number of carboxylic acid groups (broad SMARTS) is 1. The fraction of sp³-hybridized carbons (Fsp3) is 0.471. The van der Waals surface area contributed by atoms with Crippen LogP contribution in [0.4, 0.5) is 5.69 Å². The first kappa shape index (κ1) is 17.0. The van der Waals surface area contributed by atoms with Gasteiger partial charge in [-0.05, 0) is 43.9 Å². The van der Waals surface area contributed by atoms with Gasteiger partial charge in [-0.2, -0.15) is 0 Å². The van der Waals surface area contributed by atoms with E-state index in [-0.39, 0.29) is 11.5 Å². The van der Waals surface area contributed by atoms with Gasteiger partial charge in [0, 0.05) is 11.3 Å². The first-order chi connectivity index (χ1) is 10.9. The Morgan fingerprint density at radius 1 is 1.22 bits per heavy atom. The van der Waals surface area contributed by atoms with Crippen molar-refractivity contribution in [3.63, 3.8) is 0 Å². The van der Waals surface area contributed by atoms with Crippen LogP contribution in [0.25, 0.3) is 0 Å². The van der Waals surface area contributed by atoms with Crippen LogP contribution in [0.1, 0.15) is 49.4 Å². The summed E-state index contributed by atoms with van der Waals surface area (Å²) in [5.41, 5.74) is 4.37. The molecule has 0 saturated heterocycles. The SMILES string of the molecule is CC(C(=O)O)(C(=O)Nc1cccc(C(N)=O)c1)C1CCCCC1. The van der Waals surface area contributed by atoms with Gasteiger partial charge in [0.1, 0.15) is 5.41 Å². The maximum absolute atomic E-state index is 12.6. The molecule has 6 nitrogen and oxygen atoms in total. The second-order valence-corrected chi connectivity index (χ2v) is 6.24. The fourth-order valence-corrected chi connectivity index (χ4v) is 3.15. The minimum Gasteiger partial charge on any atom is -0.480 e. The topological polar surface area (TPSA) is 109 Å². The molecule has 2 amide bonds. The zero-order chi connectivity index (χ0) is 17.0. The van der Waals surface area contributed by atoms with Gasteiger partial charge in [-0.3, -0.25) is 14.4 Å². The molecule has 2 rings (SSSR count). The molecule has 1 fully saturated rings. The van der Waals surface area contributed by atoms with Crippen molar-refractivity contribution in [3.8, 4) is 0 Å². The van der Waals surface area contributed by atoms with E-state index in [4.69, 9.17) is 5.73 Å². The molecule has 1 saturated carbocycles. The summed E-state index contributed by atoms with van der Waals surface area (Å²) in [4.78, 5) is 35.6. The number of hydrogen-bond acceptors (Lipinski definition) is 3. The highest BCUT2D eigenvalue weighted by Crippen LogP contribution is 2.39. The number of nitrogens with two attached hydrogens (primary N) is 1. The summed E-state index contributed by atoms with van der Waals surface area (Å²) < 4.78 is 0. The van der Waals surface area contributed by atoms with Crippen molar-refractivity contribution < 1.29 is 19.5 Å². The molecule has 1 aromatic rings. The van der Waals surface area contributed by atoms with E-state index in [0.717, 1.165) is 32.1 Å². The Morgan fingerprint density at radius 2 is 1.87 bits per heavy atom. The first-order valence-electron chi connectivity index (χ1n) is 7.80. The number of amides is 2. The highest BCUT2D eigenvalue weighted by molar-refractivity contribution is 6.08. The van der Waals surface area contributed by atoms with Crippen LogP contribution in [0.3, 0.4) is 0 Å². The maximum atomic E-state index is 12.6. The van der Waals surface area contributed by atoms with Crippen molar-refractivity contribution in [2.24, 2.45) is 17.1 Å². The molecule has 0 aromatic heterocycles. The highest BCUT2D eigenvalue weighted by Gasteiger charge is 2.48. The number of carbonyl (C=O) groups is 3. The van der Waals surface area contributed by atoms with Crippen LogP contribution in [0.5, 0.6) is 0 Å². The second-order valence-electron chi connectivity index (χ2n) is 6.24. The number of carboxylic acids is 1. The summed E-state index contributed by atoms with van der Waals surface area (Å²) in [7, 11) is 0. The van der Waals surface area contributed by atoms with Crippen LogP contribution in [-0.4, -0.2) is 22.9 Å². The lowest BCUT2D eigenvalue weighted by atomic mass is 9.69. The molecule has 1 unspecified atom stereocenters. The number of benzene rings is 1. The number of rotatable bonds is 5. The summed E-state index contributed by atoms with van der Waals surface area (Å²) in [5.74, 6) is -2.46. The van der Waals surface area contributed by atoms with Crippen molar-refractivity contribution in [2.75, 3.05) is 5.32 Å². The molecule has 0 radical (unpaired) electrons. The van der Waals surface area contributed by atoms with Gasteiger partial charge < -0.3 is 16.2 Å². The van der Waals surface area contributed by atoms with Gasteiger partial charge >= 0.3 is 5.97 Å². The summed E-state index contributed by atoms with van der Waals surface area (Å²) in [5, 5.41) is 12.3. The number of hydrogen-bond donors (Lipinski definition) is 3. The molecule has 0 aliphatic heterocycles. The quantitative estimate of drug-likeness (QED) is 0.724. The lowest BCUT2D eigenvalue weighted by Gasteiger charge is -2.35. The molecule has 23 heavy (non-hydrogen) atoms. The van der Waals surface area contributed by atoms with Crippen molar-refractivity contribution in [2.45, 2.75) is 39.0 Å². The van der Waals surface area contributed by atoms with Crippen LogP contribution in [0.15, 0.2) is 24.3 Å². The third kappa shape index (κ3) is 3.52. The molecule has 4 N–H and O–H groups in total. The van der Waals surface area contributed by atoms with Gasteiger partial charge in [0.2, 0.25) is 11.8 Å². The third-order valence-corrected chi connectivity index (χ3v) is 4.74. The Balaban J connectivity index is 2.23. The Hall–Kier alpha value is -2.37. The Labute approximate surface area is 135 Å². The normalized spacial score (nSPS) is 18.0. The smallest absolute Gasteiger partial charge is 0.319 e. The molecular weight excluding hydrogens is 296 g/mol. The van der Waals surface area contributed by atoms with Crippen molar-refractivity contribution in [3.05, 3.63) is 29.8 Å². The average Bonchev–Trinajstić information content (AvgIpc) is 2.54. The number of anilines is 1. The molecule has 1 aliphatic rings. The molecule has 6 heteroatoms. The van der Waals surface area contributed by atoms with Crippen LogP contribution >= 0.6 is 0 Å². The number of carbonyl (C=O) groups excluding carboxylic acids is 2. The van der Waals surface area contributed by atoms with Crippen LogP contribution < -0.4 is 11.1 Å². The van der Waals surface area contributed by atoms with E-state index in [0.29, 0.717) is 5.69 Å². The van der Waals surface area contributed by atoms with Gasteiger partial charge in [-0.15, -0.1) is 0 Å². The Bertz CT molecular complexity index is 623. The average molecular weight is 318 g/mol. The first-order valence-corrected chi connectivity index (χ1v) is 7.80. The Morgan fingerprint density at radius 3 is 2.43 bits per heavy atom. The largest absolute Gasteiger partial charge is 0.480 e. The van der Waals surface area contributed by atoms with Gasteiger partial charge in [-0.25, -0.2) is 0 Å². The summed E-state index contributed by atoms with van der Waals surface area (Å²) >= 11 is 0. The third-order valence-electron chi connectivity index (χ3n) is 4.74. The van der Waals surface area contributed by atoms with Crippen LogP contribution in [0, 0.1) is 11.3 Å². The summed E-state index contributed by atoms with van der Waals surface area (Å²) in [6.07, 6.45) is 4.43. The van der Waals surface area contributed by atoms with Gasteiger partial charge in [-0.1, -0.05) is 25.3 Å². The van der Waals surface area contributed by atoms with Gasteiger partial charge in [0.25, 0.3) is 0 Å². The number of aliphatic carboxylic acids is 1. The molecule has 1 aromatic carbocycles. The van der Waals surface area contributed by atoms with E-state index in [1.807, 2.05) is 0 Å². The zero-order valence-corrected chi connectivity index (χ0v) is 13.2. The van der Waals surface area contributed by atoms with E-state index >= 15 is 0 Å². The molecule has 1 atom stereocenters. The summed E-state index contributed by atoms with van der Waals surface area (Å²) in [6.45, 7) is 1.48. The van der Waals surface area contributed by atoms with E-state index < -0.39 is 23.2 Å². The number of nitrogens with one attached hydrogen (secondary N) is 1. The molecule has 1 aliphatic carbocycles.